The third-order valence-electron chi connectivity index (χ3n) is 9.91. The van der Waals surface area contributed by atoms with E-state index < -0.39 is 46.2 Å². The van der Waals surface area contributed by atoms with E-state index in [2.05, 4.69) is 20.2 Å². The van der Waals surface area contributed by atoms with Crippen molar-refractivity contribution in [2.45, 2.75) is 71.6 Å². The normalized spacial score (nSPS) is 18.5. The number of hydrogen-bond donors (Lipinski definition) is 3. The van der Waals surface area contributed by atoms with E-state index in [0.29, 0.717) is 59.3 Å². The van der Waals surface area contributed by atoms with Crippen molar-refractivity contribution in [2.75, 3.05) is 29.9 Å². The second-order valence-electron chi connectivity index (χ2n) is 16.2. The van der Waals surface area contributed by atoms with Gasteiger partial charge in [0.2, 0.25) is 5.43 Å². The summed E-state index contributed by atoms with van der Waals surface area (Å²) in [6.45, 7) is 11.6. The highest BCUT2D eigenvalue weighted by molar-refractivity contribution is 6.40. The molecule has 2 atom stereocenters. The highest BCUT2D eigenvalue weighted by Gasteiger charge is 2.59. The number of H-pyrrole nitrogens is 1. The molecule has 14 nitrogen and oxygen atoms in total. The van der Waals surface area contributed by atoms with Crippen LogP contribution in [0.3, 0.4) is 0 Å². The zero-order chi connectivity index (χ0) is 39.2. The fourth-order valence-corrected chi connectivity index (χ4v) is 7.61. The molecule has 0 radical (unpaired) electrons. The van der Waals surface area contributed by atoms with E-state index in [0.717, 1.165) is 6.07 Å². The lowest BCUT2D eigenvalue weighted by atomic mass is 10.0. The van der Waals surface area contributed by atoms with Gasteiger partial charge >= 0.3 is 18.2 Å². The van der Waals surface area contributed by atoms with E-state index in [-0.39, 0.29) is 38.6 Å². The highest BCUT2D eigenvalue weighted by atomic mass is 35.5. The molecule has 54 heavy (non-hydrogen) atoms. The minimum absolute atomic E-state index is 0.0898. The number of nitrogens with zero attached hydrogens (tertiary/aromatic N) is 5. The topological polar surface area (TPSA) is 172 Å². The van der Waals surface area contributed by atoms with Crippen LogP contribution in [0, 0.1) is 11.2 Å². The molecule has 2 aliphatic rings. The van der Waals surface area contributed by atoms with Crippen LogP contribution in [0.25, 0.3) is 44.1 Å². The van der Waals surface area contributed by atoms with Gasteiger partial charge in [0, 0.05) is 79.8 Å². The molecule has 1 spiro atoms. The van der Waals surface area contributed by atoms with Gasteiger partial charge < -0.3 is 34.3 Å². The molecule has 16 heteroatoms. The lowest BCUT2D eigenvalue weighted by Crippen LogP contribution is -2.36. The van der Waals surface area contributed by atoms with Gasteiger partial charge in [-0.05, 0) is 60.5 Å². The van der Waals surface area contributed by atoms with Crippen LogP contribution in [0.5, 0.6) is 0 Å². The Bertz CT molecular complexity index is 2480. The summed E-state index contributed by atoms with van der Waals surface area (Å²) in [6, 6.07) is 2.60. The Labute approximate surface area is 314 Å². The molecule has 7 rings (SSSR count). The number of aromatic amines is 1. The monoisotopic (exact) mass is 761 g/mol. The molecular weight excluding hydrogens is 721 g/mol. The minimum Gasteiger partial charge on any atom is -0.477 e. The predicted octanol–water partition coefficient (Wildman–Crippen LogP) is 6.99. The molecule has 284 valence electrons. The Balaban J connectivity index is 1.43. The Morgan fingerprint density at radius 1 is 1.09 bits per heavy atom. The molecule has 4 aromatic heterocycles. The van der Waals surface area contributed by atoms with Gasteiger partial charge in [-0.25, -0.2) is 28.7 Å². The second-order valence-corrected chi connectivity index (χ2v) is 16.5. The van der Waals surface area contributed by atoms with Crippen LogP contribution in [0.1, 0.15) is 64.7 Å². The first-order chi connectivity index (χ1) is 25.2. The van der Waals surface area contributed by atoms with Gasteiger partial charge in [-0.1, -0.05) is 11.6 Å². The Hall–Kier alpha value is -5.44. The predicted molar refractivity (Wildman–Crippen MR) is 203 cm³/mol. The van der Waals surface area contributed by atoms with E-state index in [9.17, 15) is 24.3 Å². The number of aromatic carboxylic acids is 1. The average molecular weight is 762 g/mol. The van der Waals surface area contributed by atoms with Gasteiger partial charge in [0.1, 0.15) is 33.9 Å². The lowest BCUT2D eigenvalue weighted by Gasteiger charge is -2.25. The minimum atomic E-state index is -1.37. The van der Waals surface area contributed by atoms with Gasteiger partial charge in [0.25, 0.3) is 0 Å². The quantitative estimate of drug-likeness (QED) is 0.170. The number of pyridine rings is 3. The number of carbonyl (C=O) groups excluding carboxylic acids is 2. The molecule has 5 heterocycles. The van der Waals surface area contributed by atoms with E-state index in [1.54, 1.807) is 67.1 Å². The first-order valence-electron chi connectivity index (χ1n) is 17.4. The maximum atomic E-state index is 15.9. The molecule has 1 saturated carbocycles. The molecule has 1 aliphatic heterocycles. The summed E-state index contributed by atoms with van der Waals surface area (Å²) in [7, 11) is 3.08. The third-order valence-corrected chi connectivity index (χ3v) is 10.3. The van der Waals surface area contributed by atoms with Crippen molar-refractivity contribution in [1.82, 2.24) is 24.8 Å². The van der Waals surface area contributed by atoms with Crippen LogP contribution in [0.15, 0.2) is 35.5 Å². The summed E-state index contributed by atoms with van der Waals surface area (Å²) in [4.78, 5) is 67.2. The fourth-order valence-electron chi connectivity index (χ4n) is 7.36. The molecule has 1 aromatic carbocycles. The van der Waals surface area contributed by atoms with E-state index in [1.165, 1.54) is 22.7 Å². The van der Waals surface area contributed by atoms with Crippen LogP contribution in [-0.2, 0) is 16.5 Å². The zero-order valence-corrected chi connectivity index (χ0v) is 31.9. The second kappa shape index (κ2) is 12.6. The van der Waals surface area contributed by atoms with Crippen LogP contribution < -0.4 is 20.5 Å². The number of anilines is 2. The summed E-state index contributed by atoms with van der Waals surface area (Å²) in [5, 5.41) is 13.4. The summed E-state index contributed by atoms with van der Waals surface area (Å²) < 4.78 is 28.5. The number of rotatable bonds is 5. The smallest absolute Gasteiger partial charge is 0.414 e. The maximum absolute atomic E-state index is 15.9. The summed E-state index contributed by atoms with van der Waals surface area (Å²) in [5.74, 6) is -2.14. The fraction of sp³-hybridized carbons (Fsp3) is 0.421. The van der Waals surface area contributed by atoms with Crippen molar-refractivity contribution in [2.24, 2.45) is 12.5 Å². The number of benzene rings is 1. The van der Waals surface area contributed by atoms with Crippen molar-refractivity contribution in [3.63, 3.8) is 0 Å². The lowest BCUT2D eigenvalue weighted by molar-refractivity contribution is 0.0514. The van der Waals surface area contributed by atoms with E-state index >= 15 is 4.39 Å². The summed E-state index contributed by atoms with van der Waals surface area (Å²) in [5.41, 5.74) is -0.106. The number of amides is 2. The molecule has 2 fully saturated rings. The van der Waals surface area contributed by atoms with Crippen molar-refractivity contribution < 1.29 is 33.4 Å². The van der Waals surface area contributed by atoms with E-state index in [1.807, 2.05) is 0 Å². The van der Waals surface area contributed by atoms with Crippen molar-refractivity contribution in [3.8, 4) is 11.1 Å². The van der Waals surface area contributed by atoms with Crippen molar-refractivity contribution in [1.29, 1.82) is 0 Å². The Morgan fingerprint density at radius 3 is 2.46 bits per heavy atom. The summed E-state index contributed by atoms with van der Waals surface area (Å²) >= 11 is 6.80. The van der Waals surface area contributed by atoms with Gasteiger partial charge in [0.15, 0.2) is 0 Å². The van der Waals surface area contributed by atoms with Crippen molar-refractivity contribution in [3.05, 3.63) is 57.3 Å². The molecule has 1 aliphatic carbocycles. The molecule has 3 N–H and O–H groups in total. The Kier molecular flexibility index (Phi) is 8.59. The van der Waals surface area contributed by atoms with E-state index in [4.69, 9.17) is 26.1 Å². The molecule has 0 bridgehead atoms. The van der Waals surface area contributed by atoms with Crippen molar-refractivity contribution >= 4 is 74.1 Å². The molecule has 0 unspecified atom stereocenters. The Morgan fingerprint density at radius 2 is 1.80 bits per heavy atom. The number of carboxylic acid groups (broad SMARTS) is 1. The number of hydrogen-bond acceptors (Lipinski definition) is 9. The zero-order valence-electron chi connectivity index (χ0n) is 31.2. The standard InChI is InChI=1S/C38H41ClFN7O7/c1-36(2,3)53-34(51)43-24-13-38(24)9-10-47(17-38)29-20(18-11-19-30(48)21(33(49)50)16-45(7)32(19)42-14-18)15-41-31-26(29)25-27(39)22(40)12-23(28(25)44-31)46(8)35(52)54-37(4,5)6/h11-12,14-16,24H,9-10,13,17H2,1-8H3,(H,41,44)(H,43,51)(H,49,50)/t24-,38-/m1/s1. The first kappa shape index (κ1) is 36.9. The van der Waals surface area contributed by atoms with Gasteiger partial charge in [-0.2, -0.15) is 0 Å². The van der Waals surface area contributed by atoms with Crippen LogP contribution in [0.4, 0.5) is 25.4 Å². The third kappa shape index (κ3) is 6.43. The number of ether oxygens (including phenoxy) is 2. The van der Waals surface area contributed by atoms with Crippen LogP contribution in [-0.4, -0.2) is 80.2 Å². The first-order valence-corrected chi connectivity index (χ1v) is 17.8. The molecule has 5 aromatic rings. The van der Waals surface area contributed by atoms with Crippen LogP contribution >= 0.6 is 11.6 Å². The van der Waals surface area contributed by atoms with Gasteiger partial charge in [-0.15, -0.1) is 0 Å². The number of fused-ring (bicyclic) bond motifs is 4. The number of halogens is 2. The molecular formula is C38H41ClFN7O7. The average Bonchev–Trinajstić information content (AvgIpc) is 3.35. The SMILES string of the molecule is CN(C(=O)OC(C)(C)C)c1cc(F)c(Cl)c2c1[nH]c1ncc(-c3cnc4c(c3)c(=O)c(C(=O)O)cn4C)c(N3CC[C@@]4(C[C@H]4NC(=O)OC(C)(C)C)C3)c12. The van der Waals surface area contributed by atoms with Crippen LogP contribution in [0.2, 0.25) is 5.02 Å². The largest absolute Gasteiger partial charge is 0.477 e. The number of carboxylic acids is 1. The summed E-state index contributed by atoms with van der Waals surface area (Å²) in [6.07, 6.45) is 4.63. The molecule has 2 amide bonds. The van der Waals surface area contributed by atoms with Gasteiger partial charge in [0.05, 0.1) is 32.7 Å². The maximum Gasteiger partial charge on any atom is 0.414 e. The number of aromatic nitrogens is 4. The number of nitrogens with one attached hydrogen (secondary N) is 2. The highest BCUT2D eigenvalue weighted by Crippen LogP contribution is 2.56. The van der Waals surface area contributed by atoms with Gasteiger partial charge in [-0.3, -0.25) is 9.69 Å². The number of aryl methyl sites for hydroxylation is 1. The number of alkyl carbamates (subject to hydrolysis) is 1. The number of carbonyl (C=O) groups is 3. The molecule has 1 saturated heterocycles.